The summed E-state index contributed by atoms with van der Waals surface area (Å²) in [4.78, 5) is 33.5. The molecular weight excluding hydrogens is 497 g/mol. The quantitative estimate of drug-likeness (QED) is 0.415. The van der Waals surface area contributed by atoms with Gasteiger partial charge < -0.3 is 14.5 Å². The topological polar surface area (TPSA) is 81.3 Å². The lowest BCUT2D eigenvalue weighted by atomic mass is 9.71. The standard InChI is InChI=1S/C29H33F3N2O4/c1-27(2,3)38-26(36)23-24(37-18-19-10-5-4-6-11-19)25(35)34-22(33-23)17-28(14-7-8-15-28)20-12-9-13-21(16-20)29(30,31)32/h4-6,9-13,21H,7-8,14-18H2,1-3H3,(H,33,34,35). The summed E-state index contributed by atoms with van der Waals surface area (Å²) in [5.74, 6) is -2.36. The maximum absolute atomic E-state index is 13.5. The van der Waals surface area contributed by atoms with E-state index in [1.165, 1.54) is 12.2 Å². The lowest BCUT2D eigenvalue weighted by Gasteiger charge is -2.35. The van der Waals surface area contributed by atoms with E-state index in [-0.39, 0.29) is 36.7 Å². The first kappa shape index (κ1) is 27.7. The van der Waals surface area contributed by atoms with Gasteiger partial charge in [-0.25, -0.2) is 9.78 Å². The number of rotatable bonds is 7. The van der Waals surface area contributed by atoms with Crippen molar-refractivity contribution in [3.8, 4) is 5.75 Å². The summed E-state index contributed by atoms with van der Waals surface area (Å²) in [7, 11) is 0. The third-order valence-corrected chi connectivity index (χ3v) is 6.99. The number of carbonyl (C=O) groups excluding carboxylic acids is 1. The molecule has 1 saturated carbocycles. The highest BCUT2D eigenvalue weighted by atomic mass is 19.4. The van der Waals surface area contributed by atoms with Gasteiger partial charge in [-0.05, 0) is 51.0 Å². The van der Waals surface area contributed by atoms with Crippen LogP contribution in [0.15, 0.2) is 58.9 Å². The first-order valence-electron chi connectivity index (χ1n) is 12.8. The molecule has 2 aromatic rings. The van der Waals surface area contributed by atoms with Crippen molar-refractivity contribution in [2.24, 2.45) is 11.3 Å². The van der Waals surface area contributed by atoms with E-state index in [1.54, 1.807) is 26.8 Å². The molecule has 2 aliphatic rings. The third kappa shape index (κ3) is 6.55. The molecule has 1 unspecified atom stereocenters. The van der Waals surface area contributed by atoms with Gasteiger partial charge in [0.25, 0.3) is 5.56 Å². The van der Waals surface area contributed by atoms with Gasteiger partial charge in [-0.15, -0.1) is 0 Å². The molecule has 204 valence electrons. The van der Waals surface area contributed by atoms with Crippen molar-refractivity contribution in [3.05, 3.63) is 81.6 Å². The molecule has 0 radical (unpaired) electrons. The minimum atomic E-state index is -4.33. The Morgan fingerprint density at radius 1 is 1.13 bits per heavy atom. The van der Waals surface area contributed by atoms with Crippen LogP contribution in [0.25, 0.3) is 0 Å². The van der Waals surface area contributed by atoms with Crippen LogP contribution in [0.1, 0.15) is 74.8 Å². The number of allylic oxidation sites excluding steroid dienone is 4. The predicted octanol–water partition coefficient (Wildman–Crippen LogP) is 6.47. The summed E-state index contributed by atoms with van der Waals surface area (Å²) < 4.78 is 51.8. The highest BCUT2D eigenvalue weighted by Gasteiger charge is 2.45. The molecule has 2 aliphatic carbocycles. The molecule has 0 bridgehead atoms. The predicted molar refractivity (Wildman–Crippen MR) is 137 cm³/mol. The summed E-state index contributed by atoms with van der Waals surface area (Å²) in [5.41, 5.74) is -0.796. The van der Waals surface area contributed by atoms with Crippen LogP contribution >= 0.6 is 0 Å². The molecule has 1 heterocycles. The zero-order chi connectivity index (χ0) is 27.6. The first-order chi connectivity index (χ1) is 17.9. The van der Waals surface area contributed by atoms with Crippen molar-refractivity contribution in [2.75, 3.05) is 0 Å². The third-order valence-electron chi connectivity index (χ3n) is 6.99. The molecule has 1 aromatic heterocycles. The van der Waals surface area contributed by atoms with Crippen LogP contribution < -0.4 is 10.3 Å². The molecule has 0 amide bonds. The van der Waals surface area contributed by atoms with Gasteiger partial charge in [0, 0.05) is 6.42 Å². The van der Waals surface area contributed by atoms with Crippen molar-refractivity contribution in [2.45, 2.75) is 77.7 Å². The van der Waals surface area contributed by atoms with Crippen molar-refractivity contribution in [1.29, 1.82) is 0 Å². The number of benzene rings is 1. The van der Waals surface area contributed by atoms with Crippen molar-refractivity contribution >= 4 is 5.97 Å². The lowest BCUT2D eigenvalue weighted by Crippen LogP contribution is -2.32. The fourth-order valence-electron chi connectivity index (χ4n) is 5.20. The molecule has 1 aromatic carbocycles. The van der Waals surface area contributed by atoms with Gasteiger partial charge in [-0.2, -0.15) is 13.2 Å². The number of ether oxygens (including phenoxy) is 2. The number of hydrogen-bond donors (Lipinski definition) is 1. The molecular formula is C29H33F3N2O4. The lowest BCUT2D eigenvalue weighted by molar-refractivity contribution is -0.161. The number of alkyl halides is 3. The summed E-state index contributed by atoms with van der Waals surface area (Å²) in [6.07, 6.45) is 3.25. The second-order valence-corrected chi connectivity index (χ2v) is 11.1. The summed E-state index contributed by atoms with van der Waals surface area (Å²) in [6, 6.07) is 9.17. The average Bonchev–Trinajstić information content (AvgIpc) is 3.32. The molecule has 0 aliphatic heterocycles. The first-order valence-corrected chi connectivity index (χ1v) is 12.8. The Balaban J connectivity index is 1.68. The molecule has 1 fully saturated rings. The van der Waals surface area contributed by atoms with E-state index in [4.69, 9.17) is 9.47 Å². The minimum absolute atomic E-state index is 0.0444. The molecule has 1 atom stereocenters. The largest absolute Gasteiger partial charge is 0.481 e. The Morgan fingerprint density at radius 2 is 1.82 bits per heavy atom. The SMILES string of the molecule is CC(C)(C)OC(=O)c1nc(CC2(C3=CC=CC(C(F)(F)F)C3)CCCC2)[nH]c(=O)c1OCc1ccccc1. The molecule has 6 nitrogen and oxygen atoms in total. The fraction of sp³-hybridized carbons (Fsp3) is 0.483. The Labute approximate surface area is 220 Å². The van der Waals surface area contributed by atoms with Gasteiger partial charge in [0.05, 0.1) is 5.92 Å². The monoisotopic (exact) mass is 530 g/mol. The molecule has 0 saturated heterocycles. The number of aromatic amines is 1. The van der Waals surface area contributed by atoms with Crippen LogP contribution in [0.2, 0.25) is 0 Å². The smallest absolute Gasteiger partial charge is 0.395 e. The maximum Gasteiger partial charge on any atom is 0.395 e. The van der Waals surface area contributed by atoms with E-state index >= 15 is 0 Å². The zero-order valence-electron chi connectivity index (χ0n) is 21.9. The van der Waals surface area contributed by atoms with Crippen molar-refractivity contribution in [3.63, 3.8) is 0 Å². The highest BCUT2D eigenvalue weighted by Crippen LogP contribution is 2.50. The van der Waals surface area contributed by atoms with Crippen LogP contribution in [0.3, 0.4) is 0 Å². The number of H-pyrrole nitrogens is 1. The van der Waals surface area contributed by atoms with Crippen LogP contribution in [0, 0.1) is 11.3 Å². The van der Waals surface area contributed by atoms with E-state index in [9.17, 15) is 22.8 Å². The van der Waals surface area contributed by atoms with Gasteiger partial charge >= 0.3 is 12.1 Å². The van der Waals surface area contributed by atoms with Crippen LogP contribution in [0.4, 0.5) is 13.2 Å². The van der Waals surface area contributed by atoms with E-state index < -0.39 is 34.6 Å². The normalized spacial score (nSPS) is 19.2. The summed E-state index contributed by atoms with van der Waals surface area (Å²) in [5, 5.41) is 0. The van der Waals surface area contributed by atoms with E-state index in [0.717, 1.165) is 18.4 Å². The van der Waals surface area contributed by atoms with Crippen LogP contribution in [-0.2, 0) is 17.8 Å². The Kier molecular flexibility index (Phi) is 7.85. The number of nitrogens with one attached hydrogen (secondary N) is 1. The summed E-state index contributed by atoms with van der Waals surface area (Å²) in [6.45, 7) is 5.16. The Morgan fingerprint density at radius 3 is 2.45 bits per heavy atom. The van der Waals surface area contributed by atoms with E-state index in [2.05, 4.69) is 9.97 Å². The second kappa shape index (κ2) is 10.8. The van der Waals surface area contributed by atoms with Gasteiger partial charge in [0.1, 0.15) is 18.0 Å². The zero-order valence-corrected chi connectivity index (χ0v) is 21.9. The number of aromatic nitrogens is 2. The fourth-order valence-corrected chi connectivity index (χ4v) is 5.20. The number of nitrogens with zero attached hydrogens (tertiary/aromatic N) is 1. The molecule has 38 heavy (non-hydrogen) atoms. The van der Waals surface area contributed by atoms with Crippen LogP contribution in [0.5, 0.6) is 5.75 Å². The van der Waals surface area contributed by atoms with Crippen molar-refractivity contribution in [1.82, 2.24) is 9.97 Å². The van der Waals surface area contributed by atoms with E-state index in [0.29, 0.717) is 18.4 Å². The number of esters is 1. The molecule has 9 heteroatoms. The van der Waals surface area contributed by atoms with Gasteiger partial charge in [0.15, 0.2) is 5.69 Å². The number of hydrogen-bond acceptors (Lipinski definition) is 5. The second-order valence-electron chi connectivity index (χ2n) is 11.1. The van der Waals surface area contributed by atoms with Gasteiger partial charge in [-0.1, -0.05) is 67.0 Å². The highest BCUT2D eigenvalue weighted by molar-refractivity contribution is 5.90. The summed E-state index contributed by atoms with van der Waals surface area (Å²) >= 11 is 0. The molecule has 0 spiro atoms. The van der Waals surface area contributed by atoms with Gasteiger partial charge in [-0.3, -0.25) is 4.79 Å². The molecule has 4 rings (SSSR count). The number of halogens is 3. The molecule has 1 N–H and O–H groups in total. The van der Waals surface area contributed by atoms with E-state index in [1.807, 2.05) is 30.3 Å². The minimum Gasteiger partial charge on any atom is -0.481 e. The van der Waals surface area contributed by atoms with Gasteiger partial charge in [0.2, 0.25) is 5.75 Å². The van der Waals surface area contributed by atoms with Crippen LogP contribution in [-0.4, -0.2) is 27.7 Å². The average molecular weight is 531 g/mol. The maximum atomic E-state index is 13.5. The number of carbonyl (C=O) groups is 1. The Hall–Kier alpha value is -3.36. The van der Waals surface area contributed by atoms with Crippen molar-refractivity contribution < 1.29 is 27.4 Å². The Bertz CT molecular complexity index is 1270.